The van der Waals surface area contributed by atoms with Crippen LogP contribution in [0.25, 0.3) is 0 Å². The molecule has 14 nitrogen and oxygen atoms in total. The third kappa shape index (κ3) is 13.8. The van der Waals surface area contributed by atoms with Crippen molar-refractivity contribution in [2.24, 2.45) is 0 Å². The summed E-state index contributed by atoms with van der Waals surface area (Å²) in [5.41, 5.74) is 2.00. The van der Waals surface area contributed by atoms with E-state index < -0.39 is 11.7 Å². The number of urea groups is 1. The third-order valence-corrected chi connectivity index (χ3v) is 8.82. The van der Waals surface area contributed by atoms with Crippen molar-refractivity contribution in [3.8, 4) is 0 Å². The molecule has 1 aliphatic heterocycles. The van der Waals surface area contributed by atoms with E-state index in [2.05, 4.69) is 48.7 Å². The molecular weight excluding hydrogens is 652 g/mol. The van der Waals surface area contributed by atoms with Gasteiger partial charge in [0, 0.05) is 63.5 Å². The summed E-state index contributed by atoms with van der Waals surface area (Å²) in [6.45, 7) is 7.48. The van der Waals surface area contributed by atoms with E-state index in [1.54, 1.807) is 4.90 Å². The average Bonchev–Trinajstić information content (AvgIpc) is 3.50. The molecule has 0 atom stereocenters. The van der Waals surface area contributed by atoms with Crippen LogP contribution in [0.5, 0.6) is 0 Å². The minimum Gasteiger partial charge on any atom is -0.444 e. The van der Waals surface area contributed by atoms with E-state index in [0.29, 0.717) is 51.9 Å². The number of nitrogens with one attached hydrogen (secondary N) is 5. The van der Waals surface area contributed by atoms with Crippen LogP contribution in [0.1, 0.15) is 107 Å². The summed E-state index contributed by atoms with van der Waals surface area (Å²) in [7, 11) is 0. The van der Waals surface area contributed by atoms with Gasteiger partial charge in [-0.15, -0.1) is 0 Å². The van der Waals surface area contributed by atoms with E-state index in [9.17, 15) is 24.0 Å². The van der Waals surface area contributed by atoms with Gasteiger partial charge in [-0.1, -0.05) is 37.1 Å². The Kier molecular flexibility index (Phi) is 15.0. The Labute approximate surface area is 300 Å². The molecule has 1 aromatic carbocycles. The number of anilines is 1. The molecule has 51 heavy (non-hydrogen) atoms. The molecule has 14 heteroatoms. The number of hydrogen-bond acceptors (Lipinski definition) is 8. The molecule has 278 valence electrons. The zero-order valence-electron chi connectivity index (χ0n) is 30.2. The van der Waals surface area contributed by atoms with Crippen LogP contribution in [-0.2, 0) is 27.2 Å². The molecular formula is C37H54N8O6. The summed E-state index contributed by atoms with van der Waals surface area (Å²) in [6.07, 6.45) is 10.8. The fourth-order valence-electron chi connectivity index (χ4n) is 6.21. The van der Waals surface area contributed by atoms with Crippen molar-refractivity contribution in [2.45, 2.75) is 116 Å². The fraction of sp³-hybridized carbons (Fsp3) is 0.595. The van der Waals surface area contributed by atoms with Crippen LogP contribution in [0, 0.1) is 0 Å². The minimum absolute atomic E-state index is 0.0105. The van der Waals surface area contributed by atoms with Gasteiger partial charge in [-0.25, -0.2) is 19.6 Å². The van der Waals surface area contributed by atoms with E-state index in [-0.39, 0.29) is 47.3 Å². The van der Waals surface area contributed by atoms with Gasteiger partial charge in [0.05, 0.1) is 0 Å². The molecule has 0 unspecified atom stereocenters. The van der Waals surface area contributed by atoms with Crippen LogP contribution in [0.15, 0.2) is 36.7 Å². The number of benzene rings is 1. The Bertz CT molecular complexity index is 1460. The van der Waals surface area contributed by atoms with Crippen LogP contribution < -0.4 is 26.6 Å². The predicted octanol–water partition coefficient (Wildman–Crippen LogP) is 4.25. The van der Waals surface area contributed by atoms with Gasteiger partial charge >= 0.3 is 12.1 Å². The van der Waals surface area contributed by atoms with Crippen molar-refractivity contribution in [2.75, 3.05) is 31.5 Å². The van der Waals surface area contributed by atoms with Crippen molar-refractivity contribution < 1.29 is 28.7 Å². The zero-order chi connectivity index (χ0) is 36.6. The maximum atomic E-state index is 13.1. The van der Waals surface area contributed by atoms with Gasteiger partial charge in [-0.3, -0.25) is 19.7 Å². The van der Waals surface area contributed by atoms with Crippen molar-refractivity contribution in [3.63, 3.8) is 0 Å². The number of carbonyl (C=O) groups excluding carboxylic acids is 5. The van der Waals surface area contributed by atoms with Gasteiger partial charge < -0.3 is 30.9 Å². The number of rotatable bonds is 16. The SMILES string of the molecule is CC(C)(C)OC(=O)NCCCCCC(=O)NCCCCCC(=O)NC1CCN(C(=O)Nc2nccnc2C(=O)NC2Cc3ccccc3C2)CC1. The predicted molar refractivity (Wildman–Crippen MR) is 193 cm³/mol. The second kappa shape index (κ2) is 19.6. The number of unbranched alkanes of at least 4 members (excludes halogenated alkanes) is 4. The number of fused-ring (bicyclic) bond motifs is 1. The molecule has 2 aromatic rings. The summed E-state index contributed by atoms with van der Waals surface area (Å²) in [4.78, 5) is 72.5. The number of nitrogens with zero attached hydrogens (tertiary/aromatic N) is 3. The molecule has 2 heterocycles. The highest BCUT2D eigenvalue weighted by Crippen LogP contribution is 2.22. The van der Waals surface area contributed by atoms with Crippen LogP contribution in [0.3, 0.4) is 0 Å². The van der Waals surface area contributed by atoms with Gasteiger partial charge in [-0.05, 0) is 83.3 Å². The molecule has 0 spiro atoms. The van der Waals surface area contributed by atoms with Gasteiger partial charge in [0.2, 0.25) is 11.8 Å². The van der Waals surface area contributed by atoms with Gasteiger partial charge in [0.25, 0.3) is 5.91 Å². The average molecular weight is 707 g/mol. The van der Waals surface area contributed by atoms with Crippen LogP contribution in [-0.4, -0.2) is 88.6 Å². The third-order valence-electron chi connectivity index (χ3n) is 8.82. The highest BCUT2D eigenvalue weighted by Gasteiger charge is 2.28. The molecule has 0 radical (unpaired) electrons. The maximum Gasteiger partial charge on any atom is 0.407 e. The number of alkyl carbamates (subject to hydrolysis) is 1. The minimum atomic E-state index is -0.519. The summed E-state index contributed by atoms with van der Waals surface area (Å²) in [5.74, 6) is -0.255. The molecule has 0 saturated carbocycles. The first kappa shape index (κ1) is 39.0. The summed E-state index contributed by atoms with van der Waals surface area (Å²) < 4.78 is 5.19. The Hall–Kier alpha value is -4.75. The highest BCUT2D eigenvalue weighted by molar-refractivity contribution is 6.00. The lowest BCUT2D eigenvalue weighted by atomic mass is 10.0. The van der Waals surface area contributed by atoms with Crippen LogP contribution in [0.2, 0.25) is 0 Å². The summed E-state index contributed by atoms with van der Waals surface area (Å²) in [6, 6.07) is 7.71. The Morgan fingerprint density at radius 1 is 0.765 bits per heavy atom. The smallest absolute Gasteiger partial charge is 0.407 e. The molecule has 1 fully saturated rings. The largest absolute Gasteiger partial charge is 0.444 e. The number of piperidine rings is 1. The lowest BCUT2D eigenvalue weighted by Crippen LogP contribution is -2.48. The second-order valence-corrected chi connectivity index (χ2v) is 14.3. The van der Waals surface area contributed by atoms with Crippen molar-refractivity contribution >= 4 is 35.7 Å². The van der Waals surface area contributed by atoms with E-state index in [4.69, 9.17) is 4.74 Å². The number of ether oxygens (including phenoxy) is 1. The molecule has 4 rings (SSSR count). The molecule has 1 saturated heterocycles. The van der Waals surface area contributed by atoms with Crippen molar-refractivity contribution in [3.05, 3.63) is 53.5 Å². The van der Waals surface area contributed by atoms with Gasteiger partial charge in [0.1, 0.15) is 5.60 Å². The number of aromatic nitrogens is 2. The first-order chi connectivity index (χ1) is 24.5. The quantitative estimate of drug-likeness (QED) is 0.161. The lowest BCUT2D eigenvalue weighted by Gasteiger charge is -2.32. The van der Waals surface area contributed by atoms with E-state index in [1.807, 2.05) is 32.9 Å². The van der Waals surface area contributed by atoms with Crippen LogP contribution in [0.4, 0.5) is 15.4 Å². The number of likely N-dealkylation sites (tertiary alicyclic amines) is 1. The molecule has 1 aromatic heterocycles. The normalized spacial score (nSPS) is 14.7. The molecule has 5 N–H and O–H groups in total. The number of amides is 6. The zero-order valence-corrected chi connectivity index (χ0v) is 30.2. The van der Waals surface area contributed by atoms with E-state index in [0.717, 1.165) is 51.4 Å². The number of carbonyl (C=O) groups is 5. The highest BCUT2D eigenvalue weighted by atomic mass is 16.6. The van der Waals surface area contributed by atoms with E-state index in [1.165, 1.54) is 23.5 Å². The van der Waals surface area contributed by atoms with Gasteiger partial charge in [0.15, 0.2) is 11.5 Å². The molecule has 2 aliphatic rings. The monoisotopic (exact) mass is 706 g/mol. The maximum absolute atomic E-state index is 13.1. The lowest BCUT2D eigenvalue weighted by molar-refractivity contribution is -0.122. The summed E-state index contributed by atoms with van der Waals surface area (Å²) in [5, 5.41) is 14.5. The molecule has 1 aliphatic carbocycles. The number of hydrogen-bond donors (Lipinski definition) is 5. The fourth-order valence-corrected chi connectivity index (χ4v) is 6.21. The standard InChI is InChI=1S/C37H54N8O6/c1-37(2,3)51-36(50)41-19-11-4-6-14-30(46)38-18-10-5-7-15-31(47)42-28-16-22-45(23-17-28)35(49)44-33-32(39-20-21-40-33)34(48)43-29-24-26-12-8-9-13-27(26)25-29/h8-9,12-13,20-21,28-29H,4-7,10-11,14-19,22-25H2,1-3H3,(H,38,46)(H,41,50)(H,42,47)(H,43,48)(H,40,44,49). The Morgan fingerprint density at radius 2 is 1.37 bits per heavy atom. The van der Waals surface area contributed by atoms with Crippen LogP contribution >= 0.6 is 0 Å². The Balaban J connectivity index is 1.02. The Morgan fingerprint density at radius 3 is 2.02 bits per heavy atom. The summed E-state index contributed by atoms with van der Waals surface area (Å²) >= 11 is 0. The topological polar surface area (TPSA) is 184 Å². The van der Waals surface area contributed by atoms with Crippen molar-refractivity contribution in [1.82, 2.24) is 36.1 Å². The van der Waals surface area contributed by atoms with Crippen molar-refractivity contribution in [1.29, 1.82) is 0 Å². The first-order valence-electron chi connectivity index (χ1n) is 18.2. The molecule has 6 amide bonds. The van der Waals surface area contributed by atoms with Gasteiger partial charge in [-0.2, -0.15) is 0 Å². The molecule has 0 bridgehead atoms. The first-order valence-corrected chi connectivity index (χ1v) is 18.2. The second-order valence-electron chi connectivity index (χ2n) is 14.3. The van der Waals surface area contributed by atoms with E-state index >= 15 is 0 Å².